The molecule has 0 aliphatic carbocycles. The number of azide groups is 1. The molecule has 0 radical (unpaired) electrons. The van der Waals surface area contributed by atoms with Crippen molar-refractivity contribution in [2.24, 2.45) is 5.11 Å². The molecule has 122 valence electrons. The summed E-state index contributed by atoms with van der Waals surface area (Å²) in [5.41, 5.74) is 9.34. The predicted octanol–water partition coefficient (Wildman–Crippen LogP) is 2.27. The number of hydrogen-bond acceptors (Lipinski definition) is 5. The Bertz CT molecular complexity index is 614. The molecule has 1 atom stereocenters. The standard InChI is InChI=1S/C13H19N3O5S/c1-11-4-2-3-5-12(11)13(22(17,18)19)10-21-9-8-20-7-6-15-16-14/h2-5,13H,6-10H2,1H3,(H,17,18,19). The van der Waals surface area contributed by atoms with Gasteiger partial charge in [0.25, 0.3) is 10.1 Å². The highest BCUT2D eigenvalue weighted by Crippen LogP contribution is 2.24. The van der Waals surface area contributed by atoms with Gasteiger partial charge < -0.3 is 9.47 Å². The van der Waals surface area contributed by atoms with Crippen molar-refractivity contribution >= 4 is 10.1 Å². The molecule has 0 amide bonds. The largest absolute Gasteiger partial charge is 0.379 e. The lowest BCUT2D eigenvalue weighted by Gasteiger charge is -2.16. The Balaban J connectivity index is 2.48. The third-order valence-corrected chi connectivity index (χ3v) is 4.04. The monoisotopic (exact) mass is 329 g/mol. The van der Waals surface area contributed by atoms with E-state index in [-0.39, 0.29) is 33.0 Å². The maximum absolute atomic E-state index is 11.5. The number of nitrogens with zero attached hydrogens (tertiary/aromatic N) is 3. The maximum atomic E-state index is 11.5. The van der Waals surface area contributed by atoms with E-state index in [0.29, 0.717) is 5.56 Å². The van der Waals surface area contributed by atoms with Gasteiger partial charge in [0.05, 0.1) is 26.4 Å². The summed E-state index contributed by atoms with van der Waals surface area (Å²) in [5, 5.41) is 2.17. The topological polar surface area (TPSA) is 122 Å². The van der Waals surface area contributed by atoms with Gasteiger partial charge in [-0.3, -0.25) is 4.55 Å². The average Bonchev–Trinajstić information content (AvgIpc) is 2.46. The molecule has 8 nitrogen and oxygen atoms in total. The van der Waals surface area contributed by atoms with Gasteiger partial charge in [-0.25, -0.2) is 0 Å². The van der Waals surface area contributed by atoms with Crippen LogP contribution in [0.15, 0.2) is 29.4 Å². The summed E-state index contributed by atoms with van der Waals surface area (Å²) >= 11 is 0. The van der Waals surface area contributed by atoms with Gasteiger partial charge in [-0.1, -0.05) is 29.4 Å². The van der Waals surface area contributed by atoms with Gasteiger partial charge in [0.15, 0.2) is 0 Å². The molecule has 0 aliphatic rings. The van der Waals surface area contributed by atoms with Gasteiger partial charge in [0.1, 0.15) is 5.25 Å². The highest BCUT2D eigenvalue weighted by atomic mass is 32.2. The molecule has 0 spiro atoms. The smallest absolute Gasteiger partial charge is 0.274 e. The Hall–Kier alpha value is -1.64. The van der Waals surface area contributed by atoms with Crippen LogP contribution in [0.1, 0.15) is 16.4 Å². The maximum Gasteiger partial charge on any atom is 0.274 e. The summed E-state index contributed by atoms with van der Waals surface area (Å²) in [6.07, 6.45) is 0. The predicted molar refractivity (Wildman–Crippen MR) is 81.1 cm³/mol. The van der Waals surface area contributed by atoms with E-state index in [0.717, 1.165) is 5.56 Å². The number of hydrogen-bond donors (Lipinski definition) is 1. The first-order valence-electron chi connectivity index (χ1n) is 6.65. The van der Waals surface area contributed by atoms with Crippen molar-refractivity contribution in [1.29, 1.82) is 0 Å². The minimum Gasteiger partial charge on any atom is -0.379 e. The van der Waals surface area contributed by atoms with Gasteiger partial charge in [-0.15, -0.1) is 0 Å². The second-order valence-electron chi connectivity index (χ2n) is 4.50. The van der Waals surface area contributed by atoms with Crippen LogP contribution in [0.2, 0.25) is 0 Å². The zero-order chi connectivity index (χ0) is 16.4. The van der Waals surface area contributed by atoms with Crippen molar-refractivity contribution in [1.82, 2.24) is 0 Å². The quantitative estimate of drug-likeness (QED) is 0.232. The Morgan fingerprint density at radius 3 is 2.59 bits per heavy atom. The average molecular weight is 329 g/mol. The van der Waals surface area contributed by atoms with Gasteiger partial charge in [0.2, 0.25) is 0 Å². The second-order valence-corrected chi connectivity index (χ2v) is 6.10. The number of rotatable bonds is 10. The normalized spacial score (nSPS) is 12.6. The van der Waals surface area contributed by atoms with Crippen LogP contribution in [0.25, 0.3) is 10.4 Å². The Morgan fingerprint density at radius 1 is 1.27 bits per heavy atom. The minimum absolute atomic E-state index is 0.163. The molecule has 0 saturated carbocycles. The van der Waals surface area contributed by atoms with Crippen molar-refractivity contribution in [3.8, 4) is 0 Å². The first kappa shape index (κ1) is 18.4. The molecular formula is C13H19N3O5S. The van der Waals surface area contributed by atoms with Crippen LogP contribution in [0.3, 0.4) is 0 Å². The Kier molecular flexibility index (Phi) is 7.86. The second kappa shape index (κ2) is 9.39. The molecule has 1 N–H and O–H groups in total. The lowest BCUT2D eigenvalue weighted by atomic mass is 10.1. The summed E-state index contributed by atoms with van der Waals surface area (Å²) in [4.78, 5) is 2.58. The summed E-state index contributed by atoms with van der Waals surface area (Å²) in [6, 6.07) is 6.91. The Morgan fingerprint density at radius 2 is 1.95 bits per heavy atom. The first-order chi connectivity index (χ1) is 10.5. The fourth-order valence-corrected chi connectivity index (χ4v) is 2.70. The van der Waals surface area contributed by atoms with E-state index < -0.39 is 15.4 Å². The van der Waals surface area contributed by atoms with E-state index >= 15 is 0 Å². The zero-order valence-electron chi connectivity index (χ0n) is 12.3. The molecule has 1 aromatic rings. The molecule has 1 rings (SSSR count). The molecule has 0 bridgehead atoms. The van der Waals surface area contributed by atoms with E-state index in [2.05, 4.69) is 10.0 Å². The summed E-state index contributed by atoms with van der Waals surface area (Å²) < 4.78 is 42.8. The third kappa shape index (κ3) is 6.42. The molecule has 0 saturated heterocycles. The molecule has 0 aromatic heterocycles. The van der Waals surface area contributed by atoms with Gasteiger partial charge in [0, 0.05) is 11.5 Å². The minimum atomic E-state index is -4.27. The molecule has 22 heavy (non-hydrogen) atoms. The third-order valence-electron chi connectivity index (χ3n) is 2.93. The van der Waals surface area contributed by atoms with Crippen molar-refractivity contribution < 1.29 is 22.4 Å². The van der Waals surface area contributed by atoms with E-state index in [1.165, 1.54) is 0 Å². The van der Waals surface area contributed by atoms with Gasteiger partial charge >= 0.3 is 0 Å². The van der Waals surface area contributed by atoms with Crippen LogP contribution < -0.4 is 0 Å². The van der Waals surface area contributed by atoms with Crippen LogP contribution in [-0.2, 0) is 19.6 Å². The number of aryl methyl sites for hydroxylation is 1. The van der Waals surface area contributed by atoms with Crippen LogP contribution in [-0.4, -0.2) is 45.9 Å². The van der Waals surface area contributed by atoms with E-state index in [1.54, 1.807) is 31.2 Å². The van der Waals surface area contributed by atoms with E-state index in [9.17, 15) is 13.0 Å². The summed E-state index contributed by atoms with van der Waals surface area (Å²) in [5.74, 6) is 0. The van der Waals surface area contributed by atoms with Gasteiger partial charge in [-0.05, 0) is 23.6 Å². The van der Waals surface area contributed by atoms with Crippen LogP contribution in [0.5, 0.6) is 0 Å². The molecule has 1 aromatic carbocycles. The lowest BCUT2D eigenvalue weighted by Crippen LogP contribution is -2.20. The molecular weight excluding hydrogens is 310 g/mol. The Labute approximate surface area is 129 Å². The van der Waals surface area contributed by atoms with Crippen LogP contribution >= 0.6 is 0 Å². The number of benzene rings is 1. The molecule has 0 fully saturated rings. The van der Waals surface area contributed by atoms with Crippen molar-refractivity contribution in [2.75, 3.05) is 33.0 Å². The van der Waals surface area contributed by atoms with Crippen molar-refractivity contribution in [3.05, 3.63) is 45.8 Å². The molecule has 9 heteroatoms. The van der Waals surface area contributed by atoms with Crippen molar-refractivity contribution in [3.63, 3.8) is 0 Å². The first-order valence-corrected chi connectivity index (χ1v) is 8.15. The van der Waals surface area contributed by atoms with Gasteiger partial charge in [-0.2, -0.15) is 8.42 Å². The van der Waals surface area contributed by atoms with Crippen LogP contribution in [0, 0.1) is 6.92 Å². The highest BCUT2D eigenvalue weighted by molar-refractivity contribution is 7.86. The molecule has 0 heterocycles. The fourth-order valence-electron chi connectivity index (χ4n) is 1.84. The fraction of sp³-hybridized carbons (Fsp3) is 0.538. The van der Waals surface area contributed by atoms with Crippen molar-refractivity contribution in [2.45, 2.75) is 12.2 Å². The number of ether oxygens (including phenoxy) is 2. The summed E-state index contributed by atoms with van der Waals surface area (Å²) in [7, 11) is -4.27. The van der Waals surface area contributed by atoms with E-state index in [4.69, 9.17) is 15.0 Å². The van der Waals surface area contributed by atoms with E-state index in [1.807, 2.05) is 0 Å². The zero-order valence-corrected chi connectivity index (χ0v) is 13.1. The molecule has 0 aliphatic heterocycles. The highest BCUT2D eigenvalue weighted by Gasteiger charge is 2.26. The SMILES string of the molecule is Cc1ccccc1C(COCCOCCN=[N+]=[N-])S(=O)(=O)O. The van der Waals surface area contributed by atoms with Crippen LogP contribution in [0.4, 0.5) is 0 Å². The molecule has 1 unspecified atom stereocenters. The summed E-state index contributed by atoms with van der Waals surface area (Å²) in [6.45, 7) is 2.52. The lowest BCUT2D eigenvalue weighted by molar-refractivity contribution is 0.0500.